The van der Waals surface area contributed by atoms with Crippen molar-refractivity contribution in [3.05, 3.63) is 29.3 Å². The normalized spacial score (nSPS) is 10.4. The Hall–Kier alpha value is -2.04. The van der Waals surface area contributed by atoms with Gasteiger partial charge in [-0.2, -0.15) is 0 Å². The highest BCUT2D eigenvalue weighted by Crippen LogP contribution is 2.20. The summed E-state index contributed by atoms with van der Waals surface area (Å²) in [5.41, 5.74) is 0.382. The second kappa shape index (κ2) is 6.93. The molecule has 0 spiro atoms. The van der Waals surface area contributed by atoms with Crippen LogP contribution in [0.5, 0.6) is 5.75 Å². The summed E-state index contributed by atoms with van der Waals surface area (Å²) in [4.78, 5) is 24.9. The Labute approximate surface area is 119 Å². The number of hydrogen-bond donors (Lipinski definition) is 1. The molecule has 5 heteroatoms. The van der Waals surface area contributed by atoms with Crippen LogP contribution in [-0.2, 0) is 0 Å². The summed E-state index contributed by atoms with van der Waals surface area (Å²) in [6.45, 7) is 6.29. The lowest BCUT2D eigenvalue weighted by molar-refractivity contribution is 0.0696. The molecule has 0 bridgehead atoms. The molecular formula is C15H21NO4. The number of amides is 1. The maximum absolute atomic E-state index is 12.2. The summed E-state index contributed by atoms with van der Waals surface area (Å²) >= 11 is 0. The standard InChI is InChI=1S/C15H21NO4/c1-5-6-16(4)14(17)11-7-12(15(18)19)9-13(8-11)20-10(2)3/h7-10H,5-6H2,1-4H3,(H,18,19). The van der Waals surface area contributed by atoms with Crippen molar-refractivity contribution in [2.45, 2.75) is 33.3 Å². The van der Waals surface area contributed by atoms with Crippen molar-refractivity contribution in [3.63, 3.8) is 0 Å². The fourth-order valence-corrected chi connectivity index (χ4v) is 1.84. The van der Waals surface area contributed by atoms with Crippen molar-refractivity contribution in [3.8, 4) is 5.75 Å². The van der Waals surface area contributed by atoms with Gasteiger partial charge in [-0.15, -0.1) is 0 Å². The molecule has 0 saturated carbocycles. The van der Waals surface area contributed by atoms with Crippen molar-refractivity contribution in [2.75, 3.05) is 13.6 Å². The van der Waals surface area contributed by atoms with Gasteiger partial charge in [-0.3, -0.25) is 4.79 Å². The van der Waals surface area contributed by atoms with Crippen molar-refractivity contribution in [1.29, 1.82) is 0 Å². The molecule has 1 aromatic rings. The molecule has 0 fully saturated rings. The number of carboxylic acid groups (broad SMARTS) is 1. The minimum Gasteiger partial charge on any atom is -0.491 e. The first-order valence-electron chi connectivity index (χ1n) is 6.65. The van der Waals surface area contributed by atoms with E-state index in [2.05, 4.69) is 0 Å². The molecule has 0 saturated heterocycles. The smallest absolute Gasteiger partial charge is 0.335 e. The summed E-state index contributed by atoms with van der Waals surface area (Å²) < 4.78 is 5.50. The van der Waals surface area contributed by atoms with Gasteiger partial charge in [-0.25, -0.2) is 4.79 Å². The lowest BCUT2D eigenvalue weighted by Crippen LogP contribution is -2.27. The van der Waals surface area contributed by atoms with E-state index in [4.69, 9.17) is 9.84 Å². The van der Waals surface area contributed by atoms with Crippen LogP contribution in [0.4, 0.5) is 0 Å². The van der Waals surface area contributed by atoms with Crippen LogP contribution in [-0.4, -0.2) is 41.6 Å². The number of carboxylic acids is 1. The third-order valence-corrected chi connectivity index (χ3v) is 2.68. The van der Waals surface area contributed by atoms with Crippen LogP contribution in [0.1, 0.15) is 47.9 Å². The predicted octanol–water partition coefficient (Wildman–Crippen LogP) is 2.65. The van der Waals surface area contributed by atoms with E-state index < -0.39 is 5.97 Å². The molecule has 110 valence electrons. The van der Waals surface area contributed by atoms with Crippen LogP contribution in [0.2, 0.25) is 0 Å². The maximum Gasteiger partial charge on any atom is 0.335 e. The fourth-order valence-electron chi connectivity index (χ4n) is 1.84. The number of nitrogens with zero attached hydrogens (tertiary/aromatic N) is 1. The first kappa shape index (κ1) is 16.0. The number of carbonyl (C=O) groups excluding carboxylic acids is 1. The number of benzene rings is 1. The number of ether oxygens (including phenoxy) is 1. The van der Waals surface area contributed by atoms with Crippen molar-refractivity contribution >= 4 is 11.9 Å². The van der Waals surface area contributed by atoms with Crippen LogP contribution in [0.25, 0.3) is 0 Å². The molecule has 1 amide bonds. The molecule has 1 aromatic carbocycles. The molecule has 0 atom stereocenters. The predicted molar refractivity (Wildman–Crippen MR) is 76.4 cm³/mol. The van der Waals surface area contributed by atoms with E-state index in [-0.39, 0.29) is 17.6 Å². The first-order valence-corrected chi connectivity index (χ1v) is 6.65. The van der Waals surface area contributed by atoms with Gasteiger partial charge in [-0.05, 0) is 38.5 Å². The monoisotopic (exact) mass is 279 g/mol. The zero-order chi connectivity index (χ0) is 15.3. The molecule has 0 radical (unpaired) electrons. The number of carbonyl (C=O) groups is 2. The highest BCUT2D eigenvalue weighted by atomic mass is 16.5. The minimum atomic E-state index is -1.08. The van der Waals surface area contributed by atoms with Crippen LogP contribution in [0.3, 0.4) is 0 Å². The Balaban J connectivity index is 3.14. The summed E-state index contributed by atoms with van der Waals surface area (Å²) in [5.74, 6) is -0.886. The number of rotatable bonds is 6. The van der Waals surface area contributed by atoms with Crippen LogP contribution in [0.15, 0.2) is 18.2 Å². The van der Waals surface area contributed by atoms with E-state index in [1.807, 2.05) is 20.8 Å². The SMILES string of the molecule is CCCN(C)C(=O)c1cc(OC(C)C)cc(C(=O)O)c1. The molecule has 1 rings (SSSR count). The molecule has 5 nitrogen and oxygen atoms in total. The molecule has 0 heterocycles. The quantitative estimate of drug-likeness (QED) is 0.869. The van der Waals surface area contributed by atoms with Crippen LogP contribution >= 0.6 is 0 Å². The Morgan fingerprint density at radius 3 is 2.35 bits per heavy atom. The van der Waals surface area contributed by atoms with Crippen LogP contribution in [0, 0.1) is 0 Å². The van der Waals surface area contributed by atoms with Gasteiger partial charge in [0, 0.05) is 19.2 Å². The van der Waals surface area contributed by atoms with Gasteiger partial charge >= 0.3 is 5.97 Å². The number of aromatic carboxylic acids is 1. The van der Waals surface area contributed by atoms with Gasteiger partial charge in [0.25, 0.3) is 5.91 Å². The zero-order valence-corrected chi connectivity index (χ0v) is 12.3. The third-order valence-electron chi connectivity index (χ3n) is 2.68. The largest absolute Gasteiger partial charge is 0.491 e. The average Bonchev–Trinajstić information content (AvgIpc) is 2.36. The fraction of sp³-hybridized carbons (Fsp3) is 0.467. The second-order valence-corrected chi connectivity index (χ2v) is 4.94. The molecular weight excluding hydrogens is 258 g/mol. The van der Waals surface area contributed by atoms with E-state index in [1.54, 1.807) is 18.0 Å². The van der Waals surface area contributed by atoms with Crippen molar-refractivity contribution in [2.24, 2.45) is 0 Å². The zero-order valence-electron chi connectivity index (χ0n) is 12.3. The Bertz CT molecular complexity index is 497. The third kappa shape index (κ3) is 4.26. The topological polar surface area (TPSA) is 66.8 Å². The van der Waals surface area contributed by atoms with Gasteiger partial charge in [0.1, 0.15) is 5.75 Å². The average molecular weight is 279 g/mol. The Morgan fingerprint density at radius 2 is 1.85 bits per heavy atom. The lowest BCUT2D eigenvalue weighted by atomic mass is 10.1. The Morgan fingerprint density at radius 1 is 1.25 bits per heavy atom. The molecule has 1 N–H and O–H groups in total. The van der Waals surface area contributed by atoms with Crippen LogP contribution < -0.4 is 4.74 Å². The van der Waals surface area contributed by atoms with E-state index in [1.165, 1.54) is 12.1 Å². The molecule has 0 unspecified atom stereocenters. The maximum atomic E-state index is 12.2. The molecule has 0 aliphatic heterocycles. The summed E-state index contributed by atoms with van der Waals surface area (Å²) in [6.07, 6.45) is 0.756. The van der Waals surface area contributed by atoms with E-state index >= 15 is 0 Å². The highest BCUT2D eigenvalue weighted by Gasteiger charge is 2.16. The minimum absolute atomic E-state index is 0.0522. The van der Waals surface area contributed by atoms with E-state index in [9.17, 15) is 9.59 Å². The van der Waals surface area contributed by atoms with Crippen molar-refractivity contribution < 1.29 is 19.4 Å². The van der Waals surface area contributed by atoms with Gasteiger partial charge < -0.3 is 14.7 Å². The van der Waals surface area contributed by atoms with Gasteiger partial charge in [-0.1, -0.05) is 6.92 Å². The van der Waals surface area contributed by atoms with Gasteiger partial charge in [0.05, 0.1) is 11.7 Å². The van der Waals surface area contributed by atoms with Crippen molar-refractivity contribution in [1.82, 2.24) is 4.90 Å². The van der Waals surface area contributed by atoms with Gasteiger partial charge in [0.15, 0.2) is 0 Å². The van der Waals surface area contributed by atoms with E-state index in [0.29, 0.717) is 17.9 Å². The first-order chi connectivity index (χ1) is 9.35. The summed E-state index contributed by atoms with van der Waals surface area (Å²) in [6, 6.07) is 4.39. The second-order valence-electron chi connectivity index (χ2n) is 4.94. The Kier molecular flexibility index (Phi) is 5.55. The molecule has 20 heavy (non-hydrogen) atoms. The lowest BCUT2D eigenvalue weighted by Gasteiger charge is -2.17. The highest BCUT2D eigenvalue weighted by molar-refractivity contribution is 5.98. The van der Waals surface area contributed by atoms with E-state index in [0.717, 1.165) is 6.42 Å². The number of hydrogen-bond acceptors (Lipinski definition) is 3. The molecule has 0 aromatic heterocycles. The summed E-state index contributed by atoms with van der Waals surface area (Å²) in [7, 11) is 1.70. The molecule has 0 aliphatic carbocycles. The summed E-state index contributed by atoms with van der Waals surface area (Å²) in [5, 5.41) is 9.11. The molecule has 0 aliphatic rings. The van der Waals surface area contributed by atoms with Gasteiger partial charge in [0.2, 0.25) is 0 Å².